The lowest BCUT2D eigenvalue weighted by molar-refractivity contribution is 0.629. The van der Waals surface area contributed by atoms with Gasteiger partial charge < -0.3 is 9.88 Å². The van der Waals surface area contributed by atoms with Crippen LogP contribution in [0.3, 0.4) is 0 Å². The lowest BCUT2D eigenvalue weighted by atomic mass is 10.1. The van der Waals surface area contributed by atoms with Crippen molar-refractivity contribution in [3.05, 3.63) is 35.3 Å². The van der Waals surface area contributed by atoms with Crippen molar-refractivity contribution in [3.63, 3.8) is 0 Å². The van der Waals surface area contributed by atoms with Gasteiger partial charge in [-0.2, -0.15) is 0 Å². The Morgan fingerprint density at radius 2 is 2.13 bits per heavy atom. The van der Waals surface area contributed by atoms with E-state index in [-0.39, 0.29) is 5.82 Å². The fourth-order valence-corrected chi connectivity index (χ4v) is 2.02. The lowest BCUT2D eigenvalue weighted by Crippen LogP contribution is -2.06. The molecule has 0 spiro atoms. The standard InChI is InChI=1S/C12H15FN2/c1-8-11(7-14-2)10-6-9(13)4-5-12(10)15(8)3/h4-6,14H,7H2,1-3H3. The zero-order valence-corrected chi connectivity index (χ0v) is 9.26. The minimum Gasteiger partial charge on any atom is -0.348 e. The third-order valence-corrected chi connectivity index (χ3v) is 2.94. The second-order valence-electron chi connectivity index (χ2n) is 3.81. The monoisotopic (exact) mass is 206 g/mol. The van der Waals surface area contributed by atoms with Crippen LogP contribution in [0.25, 0.3) is 10.9 Å². The molecule has 2 nitrogen and oxygen atoms in total. The van der Waals surface area contributed by atoms with E-state index in [0.717, 1.165) is 17.4 Å². The first-order valence-corrected chi connectivity index (χ1v) is 5.03. The minimum atomic E-state index is -0.176. The second kappa shape index (κ2) is 3.66. The summed E-state index contributed by atoms with van der Waals surface area (Å²) in [5.41, 5.74) is 3.44. The van der Waals surface area contributed by atoms with Crippen molar-refractivity contribution >= 4 is 10.9 Å². The summed E-state index contributed by atoms with van der Waals surface area (Å²) >= 11 is 0. The van der Waals surface area contributed by atoms with E-state index in [1.54, 1.807) is 6.07 Å². The molecule has 1 aromatic heterocycles. The van der Waals surface area contributed by atoms with E-state index in [1.807, 2.05) is 20.2 Å². The van der Waals surface area contributed by atoms with E-state index in [9.17, 15) is 4.39 Å². The summed E-state index contributed by atoms with van der Waals surface area (Å²) in [6.07, 6.45) is 0. The van der Waals surface area contributed by atoms with Gasteiger partial charge in [-0.15, -0.1) is 0 Å². The fourth-order valence-electron chi connectivity index (χ4n) is 2.02. The van der Waals surface area contributed by atoms with Gasteiger partial charge in [0.2, 0.25) is 0 Å². The molecule has 2 aromatic rings. The van der Waals surface area contributed by atoms with Crippen molar-refractivity contribution in [1.82, 2.24) is 9.88 Å². The number of rotatable bonds is 2. The van der Waals surface area contributed by atoms with E-state index < -0.39 is 0 Å². The normalized spacial score (nSPS) is 11.2. The summed E-state index contributed by atoms with van der Waals surface area (Å²) in [6.45, 7) is 2.83. The SMILES string of the molecule is CNCc1c(C)n(C)c2ccc(F)cc12. The molecule has 15 heavy (non-hydrogen) atoms. The van der Waals surface area contributed by atoms with Crippen molar-refractivity contribution in [2.45, 2.75) is 13.5 Å². The Balaban J connectivity index is 2.76. The maximum Gasteiger partial charge on any atom is 0.123 e. The second-order valence-corrected chi connectivity index (χ2v) is 3.81. The third kappa shape index (κ3) is 1.53. The molecule has 0 aliphatic carbocycles. The molecule has 1 aromatic carbocycles. The topological polar surface area (TPSA) is 17.0 Å². The Kier molecular flexibility index (Phi) is 2.49. The average molecular weight is 206 g/mol. The first-order valence-electron chi connectivity index (χ1n) is 5.03. The summed E-state index contributed by atoms with van der Waals surface area (Å²) in [6, 6.07) is 4.94. The van der Waals surface area contributed by atoms with Crippen molar-refractivity contribution in [2.24, 2.45) is 7.05 Å². The quantitative estimate of drug-likeness (QED) is 0.798. The van der Waals surface area contributed by atoms with Crippen molar-refractivity contribution in [2.75, 3.05) is 7.05 Å². The number of nitrogens with zero attached hydrogens (tertiary/aromatic N) is 1. The van der Waals surface area contributed by atoms with Gasteiger partial charge in [0.05, 0.1) is 0 Å². The van der Waals surface area contributed by atoms with E-state index in [0.29, 0.717) is 0 Å². The number of aromatic nitrogens is 1. The molecule has 1 heterocycles. The first kappa shape index (κ1) is 10.2. The van der Waals surface area contributed by atoms with Gasteiger partial charge in [-0.25, -0.2) is 4.39 Å². The van der Waals surface area contributed by atoms with Crippen LogP contribution < -0.4 is 5.32 Å². The predicted molar refractivity (Wildman–Crippen MR) is 60.4 cm³/mol. The van der Waals surface area contributed by atoms with Crippen LogP contribution in [0, 0.1) is 12.7 Å². The van der Waals surface area contributed by atoms with Crippen LogP contribution in [0.5, 0.6) is 0 Å². The number of aryl methyl sites for hydroxylation is 1. The van der Waals surface area contributed by atoms with Gasteiger partial charge in [-0.1, -0.05) is 0 Å². The highest BCUT2D eigenvalue weighted by Gasteiger charge is 2.11. The van der Waals surface area contributed by atoms with Crippen LogP contribution in [-0.2, 0) is 13.6 Å². The number of nitrogens with one attached hydrogen (secondary N) is 1. The highest BCUT2D eigenvalue weighted by atomic mass is 19.1. The average Bonchev–Trinajstić information content (AvgIpc) is 2.44. The Bertz CT molecular complexity index is 500. The van der Waals surface area contributed by atoms with E-state index >= 15 is 0 Å². The van der Waals surface area contributed by atoms with Crippen molar-refractivity contribution < 1.29 is 4.39 Å². The molecule has 1 N–H and O–H groups in total. The molecule has 0 bridgehead atoms. The Labute approximate surface area is 88.7 Å². The van der Waals surface area contributed by atoms with Gasteiger partial charge in [0, 0.05) is 30.2 Å². The van der Waals surface area contributed by atoms with E-state index in [2.05, 4.69) is 16.8 Å². The number of fused-ring (bicyclic) bond motifs is 1. The van der Waals surface area contributed by atoms with Gasteiger partial charge in [0.1, 0.15) is 5.82 Å². The van der Waals surface area contributed by atoms with Crippen molar-refractivity contribution in [1.29, 1.82) is 0 Å². The molecule has 0 aliphatic heterocycles. The number of hydrogen-bond donors (Lipinski definition) is 1. The van der Waals surface area contributed by atoms with E-state index in [1.165, 1.54) is 17.3 Å². The molecule has 0 saturated heterocycles. The molecule has 0 atom stereocenters. The summed E-state index contributed by atoms with van der Waals surface area (Å²) < 4.78 is 15.3. The molecule has 0 saturated carbocycles. The number of benzene rings is 1. The maximum absolute atomic E-state index is 13.2. The molecule has 3 heteroatoms. The Morgan fingerprint density at radius 1 is 1.40 bits per heavy atom. The molecule has 80 valence electrons. The highest BCUT2D eigenvalue weighted by molar-refractivity contribution is 5.85. The van der Waals surface area contributed by atoms with Crippen LogP contribution in [0.2, 0.25) is 0 Å². The molecular formula is C12H15FN2. The smallest absolute Gasteiger partial charge is 0.123 e. The molecule has 0 radical (unpaired) electrons. The van der Waals surface area contributed by atoms with Gasteiger partial charge >= 0.3 is 0 Å². The number of halogens is 1. The molecule has 2 rings (SSSR count). The van der Waals surface area contributed by atoms with Crippen LogP contribution in [0.1, 0.15) is 11.3 Å². The fraction of sp³-hybridized carbons (Fsp3) is 0.333. The van der Waals surface area contributed by atoms with Crippen molar-refractivity contribution in [3.8, 4) is 0 Å². The predicted octanol–water partition coefficient (Wildman–Crippen LogP) is 2.35. The van der Waals surface area contributed by atoms with Crippen LogP contribution in [0.15, 0.2) is 18.2 Å². The first-order chi connectivity index (χ1) is 7.15. The van der Waals surface area contributed by atoms with Gasteiger partial charge in [-0.3, -0.25) is 0 Å². The summed E-state index contributed by atoms with van der Waals surface area (Å²) in [7, 11) is 3.91. The molecule has 0 unspecified atom stereocenters. The molecular weight excluding hydrogens is 191 g/mol. The summed E-state index contributed by atoms with van der Waals surface area (Å²) in [5.74, 6) is -0.176. The lowest BCUT2D eigenvalue weighted by Gasteiger charge is -2.00. The van der Waals surface area contributed by atoms with Gasteiger partial charge in [0.15, 0.2) is 0 Å². The van der Waals surface area contributed by atoms with Crippen LogP contribution >= 0.6 is 0 Å². The maximum atomic E-state index is 13.2. The zero-order valence-electron chi connectivity index (χ0n) is 9.26. The zero-order chi connectivity index (χ0) is 11.0. The Morgan fingerprint density at radius 3 is 2.80 bits per heavy atom. The van der Waals surface area contributed by atoms with Crippen LogP contribution in [0.4, 0.5) is 4.39 Å². The highest BCUT2D eigenvalue weighted by Crippen LogP contribution is 2.25. The van der Waals surface area contributed by atoms with Gasteiger partial charge in [0.25, 0.3) is 0 Å². The van der Waals surface area contributed by atoms with Gasteiger partial charge in [-0.05, 0) is 37.7 Å². The van der Waals surface area contributed by atoms with Crippen LogP contribution in [-0.4, -0.2) is 11.6 Å². The molecule has 0 amide bonds. The Hall–Kier alpha value is -1.35. The van der Waals surface area contributed by atoms with E-state index in [4.69, 9.17) is 0 Å². The largest absolute Gasteiger partial charge is 0.348 e. The summed E-state index contributed by atoms with van der Waals surface area (Å²) in [4.78, 5) is 0. The summed E-state index contributed by atoms with van der Waals surface area (Å²) in [5, 5.41) is 4.12. The minimum absolute atomic E-state index is 0.176. The molecule has 0 aliphatic rings. The number of hydrogen-bond acceptors (Lipinski definition) is 1. The molecule has 0 fully saturated rings. The third-order valence-electron chi connectivity index (χ3n) is 2.94.